The molecule has 0 bridgehead atoms. The van der Waals surface area contributed by atoms with E-state index in [1.54, 1.807) is 0 Å². The monoisotopic (exact) mass is 356 g/mol. The molecule has 8 heteroatoms. The number of halogens is 3. The largest absolute Gasteiger partial charge is 0.471 e. The van der Waals surface area contributed by atoms with Crippen molar-refractivity contribution in [3.05, 3.63) is 35.9 Å². The van der Waals surface area contributed by atoms with Gasteiger partial charge in [0, 0.05) is 13.1 Å². The Morgan fingerprint density at radius 3 is 2.52 bits per heavy atom. The van der Waals surface area contributed by atoms with Crippen LogP contribution in [0.2, 0.25) is 0 Å². The molecule has 136 valence electrons. The zero-order chi connectivity index (χ0) is 18.0. The fourth-order valence-corrected chi connectivity index (χ4v) is 3.36. The van der Waals surface area contributed by atoms with Gasteiger partial charge in [-0.1, -0.05) is 30.3 Å². The molecule has 0 spiro atoms. The van der Waals surface area contributed by atoms with Crippen molar-refractivity contribution >= 4 is 11.8 Å². The first kappa shape index (κ1) is 17.7. The molecule has 0 N–H and O–H groups in total. The summed E-state index contributed by atoms with van der Waals surface area (Å²) in [6.07, 6.45) is -4.62. The number of hydrogen-bond donors (Lipinski definition) is 0. The van der Waals surface area contributed by atoms with E-state index in [9.17, 15) is 22.8 Å². The molecular weight excluding hydrogens is 337 g/mol. The number of morpholine rings is 1. The van der Waals surface area contributed by atoms with Gasteiger partial charge in [-0.25, -0.2) is 0 Å². The molecular formula is C17H19F3N2O3. The predicted molar refractivity (Wildman–Crippen MR) is 82.5 cm³/mol. The average molecular weight is 356 g/mol. The zero-order valence-corrected chi connectivity index (χ0v) is 13.5. The van der Waals surface area contributed by atoms with E-state index in [1.165, 1.54) is 4.90 Å². The molecule has 2 unspecified atom stereocenters. The van der Waals surface area contributed by atoms with Crippen molar-refractivity contribution < 1.29 is 27.5 Å². The highest BCUT2D eigenvalue weighted by molar-refractivity contribution is 5.90. The number of amides is 2. The second-order valence-corrected chi connectivity index (χ2v) is 6.21. The van der Waals surface area contributed by atoms with E-state index in [4.69, 9.17) is 4.74 Å². The number of nitrogens with zero attached hydrogens (tertiary/aromatic N) is 2. The van der Waals surface area contributed by atoms with Crippen LogP contribution in [0.1, 0.15) is 24.5 Å². The van der Waals surface area contributed by atoms with E-state index in [2.05, 4.69) is 0 Å². The van der Waals surface area contributed by atoms with Crippen LogP contribution in [0.5, 0.6) is 0 Å². The minimum absolute atomic E-state index is 0.0405. The summed E-state index contributed by atoms with van der Waals surface area (Å²) in [5.41, 5.74) is 0.912. The average Bonchev–Trinajstić information content (AvgIpc) is 3.10. The minimum Gasteiger partial charge on any atom is -0.370 e. The summed E-state index contributed by atoms with van der Waals surface area (Å²) >= 11 is 0. The summed E-state index contributed by atoms with van der Waals surface area (Å²) in [4.78, 5) is 26.5. The summed E-state index contributed by atoms with van der Waals surface area (Å²) < 4.78 is 43.9. The summed E-state index contributed by atoms with van der Waals surface area (Å²) in [6, 6.07) is 8.32. The van der Waals surface area contributed by atoms with Crippen LogP contribution in [-0.2, 0) is 14.3 Å². The number of rotatable bonds is 2. The van der Waals surface area contributed by atoms with E-state index >= 15 is 0 Å². The van der Waals surface area contributed by atoms with Crippen LogP contribution < -0.4 is 0 Å². The predicted octanol–water partition coefficient (Wildman–Crippen LogP) is 2.14. The van der Waals surface area contributed by atoms with Gasteiger partial charge < -0.3 is 14.5 Å². The third-order valence-corrected chi connectivity index (χ3v) is 4.59. The first-order valence-electron chi connectivity index (χ1n) is 8.21. The van der Waals surface area contributed by atoms with Gasteiger partial charge >= 0.3 is 12.1 Å². The summed E-state index contributed by atoms with van der Waals surface area (Å²) in [5, 5.41) is 0. The first-order valence-corrected chi connectivity index (χ1v) is 8.21. The Bertz CT molecular complexity index is 636. The fraction of sp³-hybridized carbons (Fsp3) is 0.529. The first-order chi connectivity index (χ1) is 11.9. The molecule has 2 atom stereocenters. The van der Waals surface area contributed by atoms with Crippen molar-refractivity contribution in [3.8, 4) is 0 Å². The van der Waals surface area contributed by atoms with Crippen molar-refractivity contribution in [2.75, 3.05) is 26.2 Å². The number of benzene rings is 1. The highest BCUT2D eigenvalue weighted by Crippen LogP contribution is 2.28. The second kappa shape index (κ2) is 7.03. The quantitative estimate of drug-likeness (QED) is 0.816. The molecule has 2 amide bonds. The van der Waals surface area contributed by atoms with Gasteiger partial charge in [0.25, 0.3) is 0 Å². The number of carbonyl (C=O) groups excluding carboxylic acids is 2. The van der Waals surface area contributed by atoms with Gasteiger partial charge in [-0.3, -0.25) is 9.59 Å². The summed E-state index contributed by atoms with van der Waals surface area (Å²) in [7, 11) is 0. The molecule has 2 aliphatic heterocycles. The Hall–Kier alpha value is -2.09. The van der Waals surface area contributed by atoms with Crippen molar-refractivity contribution in [2.45, 2.75) is 31.2 Å². The Morgan fingerprint density at radius 2 is 1.84 bits per heavy atom. The molecule has 2 fully saturated rings. The lowest BCUT2D eigenvalue weighted by atomic mass is 10.1. The lowest BCUT2D eigenvalue weighted by molar-refractivity contribution is -0.187. The third kappa shape index (κ3) is 3.78. The minimum atomic E-state index is -4.96. The third-order valence-electron chi connectivity index (χ3n) is 4.59. The van der Waals surface area contributed by atoms with Crippen LogP contribution in [0.25, 0.3) is 0 Å². The number of ether oxygens (including phenoxy) is 1. The Kier molecular flexibility index (Phi) is 4.99. The van der Waals surface area contributed by atoms with Crippen molar-refractivity contribution in [1.29, 1.82) is 0 Å². The Balaban J connectivity index is 1.70. The lowest BCUT2D eigenvalue weighted by Gasteiger charge is -2.36. The highest BCUT2D eigenvalue weighted by Gasteiger charge is 2.48. The topological polar surface area (TPSA) is 49.9 Å². The van der Waals surface area contributed by atoms with Gasteiger partial charge in [0.15, 0.2) is 0 Å². The van der Waals surface area contributed by atoms with E-state index in [-0.39, 0.29) is 25.6 Å². The van der Waals surface area contributed by atoms with Crippen LogP contribution in [-0.4, -0.2) is 60.1 Å². The number of alkyl halides is 3. The maximum Gasteiger partial charge on any atom is 0.471 e. The molecule has 0 aliphatic carbocycles. The number of carbonyl (C=O) groups is 2. The Labute approximate surface area is 143 Å². The van der Waals surface area contributed by atoms with Gasteiger partial charge in [-0.15, -0.1) is 0 Å². The second-order valence-electron chi connectivity index (χ2n) is 6.21. The van der Waals surface area contributed by atoms with Crippen molar-refractivity contribution in [1.82, 2.24) is 9.80 Å². The maximum absolute atomic E-state index is 12.7. The summed E-state index contributed by atoms with van der Waals surface area (Å²) in [6.45, 7) is 0.854. The van der Waals surface area contributed by atoms with Crippen LogP contribution in [0, 0.1) is 0 Å². The molecule has 0 aromatic heterocycles. The van der Waals surface area contributed by atoms with E-state index in [0.717, 1.165) is 5.56 Å². The SMILES string of the molecule is O=C(C1CCCN1C(=O)C(F)(F)F)N1CCOC(c2ccccc2)C1. The van der Waals surface area contributed by atoms with Gasteiger partial charge in [-0.2, -0.15) is 13.2 Å². The van der Waals surface area contributed by atoms with Gasteiger partial charge in [0.05, 0.1) is 13.2 Å². The molecule has 1 aromatic rings. The lowest BCUT2D eigenvalue weighted by Crippen LogP contribution is -2.53. The van der Waals surface area contributed by atoms with Gasteiger partial charge in [0.2, 0.25) is 5.91 Å². The standard InChI is InChI=1S/C17H19F3N2O3/c18-17(19,20)16(24)22-8-4-7-13(22)15(23)21-9-10-25-14(11-21)12-5-2-1-3-6-12/h1-3,5-6,13-14H,4,7-11H2. The molecule has 2 heterocycles. The molecule has 2 aliphatic rings. The van der Waals surface area contributed by atoms with Crippen LogP contribution >= 0.6 is 0 Å². The maximum atomic E-state index is 12.7. The van der Waals surface area contributed by atoms with Crippen molar-refractivity contribution in [3.63, 3.8) is 0 Å². The van der Waals surface area contributed by atoms with Crippen molar-refractivity contribution in [2.24, 2.45) is 0 Å². The van der Waals surface area contributed by atoms with Crippen LogP contribution in [0.15, 0.2) is 30.3 Å². The highest BCUT2D eigenvalue weighted by atomic mass is 19.4. The van der Waals surface area contributed by atoms with E-state index < -0.39 is 24.0 Å². The molecule has 2 saturated heterocycles. The van der Waals surface area contributed by atoms with Crippen LogP contribution in [0.4, 0.5) is 13.2 Å². The molecule has 1 aromatic carbocycles. The molecule has 25 heavy (non-hydrogen) atoms. The van der Waals surface area contributed by atoms with E-state index in [0.29, 0.717) is 24.5 Å². The zero-order valence-electron chi connectivity index (χ0n) is 13.5. The smallest absolute Gasteiger partial charge is 0.370 e. The van der Waals surface area contributed by atoms with Crippen LogP contribution in [0.3, 0.4) is 0 Å². The van der Waals surface area contributed by atoms with Gasteiger partial charge in [0.1, 0.15) is 12.1 Å². The normalized spacial score (nSPS) is 24.4. The molecule has 3 rings (SSSR count). The summed E-state index contributed by atoms with van der Waals surface area (Å²) in [5.74, 6) is -2.37. The fourth-order valence-electron chi connectivity index (χ4n) is 3.36. The molecule has 0 radical (unpaired) electrons. The van der Waals surface area contributed by atoms with Gasteiger partial charge in [-0.05, 0) is 18.4 Å². The Morgan fingerprint density at radius 1 is 1.12 bits per heavy atom. The molecule has 5 nitrogen and oxygen atoms in total. The number of hydrogen-bond acceptors (Lipinski definition) is 3. The number of likely N-dealkylation sites (tertiary alicyclic amines) is 1. The molecule has 0 saturated carbocycles. The van der Waals surface area contributed by atoms with E-state index in [1.807, 2.05) is 30.3 Å².